The maximum atomic E-state index is 11.0. The van der Waals surface area contributed by atoms with Crippen molar-refractivity contribution >= 4 is 23.0 Å². The van der Waals surface area contributed by atoms with Crippen molar-refractivity contribution in [3.05, 3.63) is 54.1 Å². The van der Waals surface area contributed by atoms with Crippen LogP contribution in [0.5, 0.6) is 0 Å². The van der Waals surface area contributed by atoms with Crippen molar-refractivity contribution in [2.75, 3.05) is 5.32 Å². The zero-order valence-electron chi connectivity index (χ0n) is 13.7. The molecule has 0 fully saturated rings. The van der Waals surface area contributed by atoms with Crippen LogP contribution in [0.25, 0.3) is 0 Å². The minimum absolute atomic E-state index is 0.0848. The molecule has 0 aliphatic carbocycles. The molecule has 0 aliphatic rings. The Kier molecular flexibility index (Phi) is 6.48. The highest BCUT2D eigenvalue weighted by Gasteiger charge is 1.97. The lowest BCUT2D eigenvalue weighted by Gasteiger charge is -2.02. The summed E-state index contributed by atoms with van der Waals surface area (Å²) in [6.07, 6.45) is 4.87. The van der Waals surface area contributed by atoms with Gasteiger partial charge in [0.15, 0.2) is 0 Å². The number of carbonyl (C=O) groups is 1. The Morgan fingerprint density at radius 3 is 2.00 bits per heavy atom. The number of unbranched alkanes of at least 4 members (excludes halogenated alkanes) is 2. The fourth-order valence-electron chi connectivity index (χ4n) is 2.24. The van der Waals surface area contributed by atoms with E-state index < -0.39 is 0 Å². The molecule has 0 spiro atoms. The van der Waals surface area contributed by atoms with Crippen LogP contribution in [-0.2, 0) is 11.2 Å². The van der Waals surface area contributed by atoms with Gasteiger partial charge in [-0.2, -0.15) is 10.2 Å². The predicted molar refractivity (Wildman–Crippen MR) is 94.6 cm³/mol. The monoisotopic (exact) mass is 309 g/mol. The van der Waals surface area contributed by atoms with Crippen molar-refractivity contribution in [1.29, 1.82) is 0 Å². The van der Waals surface area contributed by atoms with Crippen LogP contribution < -0.4 is 5.32 Å². The summed E-state index contributed by atoms with van der Waals surface area (Å²) >= 11 is 0. The third kappa shape index (κ3) is 6.02. The van der Waals surface area contributed by atoms with E-state index in [0.29, 0.717) is 0 Å². The number of benzene rings is 2. The van der Waals surface area contributed by atoms with E-state index in [9.17, 15) is 4.79 Å². The Labute approximate surface area is 137 Å². The lowest BCUT2D eigenvalue weighted by molar-refractivity contribution is -0.114. The minimum atomic E-state index is -0.0848. The Bertz CT molecular complexity index is 645. The van der Waals surface area contributed by atoms with Crippen LogP contribution in [0.15, 0.2) is 58.8 Å². The molecular weight excluding hydrogens is 286 g/mol. The number of amides is 1. The number of carbonyl (C=O) groups excluding carboxylic acids is 1. The second kappa shape index (κ2) is 8.83. The van der Waals surface area contributed by atoms with E-state index in [4.69, 9.17) is 0 Å². The van der Waals surface area contributed by atoms with Gasteiger partial charge in [-0.3, -0.25) is 4.79 Å². The number of anilines is 1. The van der Waals surface area contributed by atoms with E-state index in [-0.39, 0.29) is 5.91 Å². The van der Waals surface area contributed by atoms with Gasteiger partial charge in [0.2, 0.25) is 5.91 Å². The standard InChI is InChI=1S/C19H23N3O/c1-3-4-5-6-16-7-9-18(10-8-16)21-22-19-13-11-17(12-14-19)20-15(2)23/h7-14H,3-6H2,1-2H3,(H,20,23)/b22-21+. The third-order valence-corrected chi connectivity index (χ3v) is 3.47. The fourth-order valence-corrected chi connectivity index (χ4v) is 2.24. The third-order valence-electron chi connectivity index (χ3n) is 3.47. The van der Waals surface area contributed by atoms with Crippen LogP contribution in [0.2, 0.25) is 0 Å². The summed E-state index contributed by atoms with van der Waals surface area (Å²) in [6.45, 7) is 3.70. The van der Waals surface area contributed by atoms with Crippen molar-refractivity contribution in [1.82, 2.24) is 0 Å². The zero-order chi connectivity index (χ0) is 16.5. The van der Waals surface area contributed by atoms with Gasteiger partial charge in [-0.05, 0) is 54.8 Å². The fraction of sp³-hybridized carbons (Fsp3) is 0.316. The largest absolute Gasteiger partial charge is 0.326 e. The van der Waals surface area contributed by atoms with E-state index in [0.717, 1.165) is 23.5 Å². The minimum Gasteiger partial charge on any atom is -0.326 e. The molecule has 0 unspecified atom stereocenters. The lowest BCUT2D eigenvalue weighted by Crippen LogP contribution is -2.04. The van der Waals surface area contributed by atoms with Gasteiger partial charge >= 0.3 is 0 Å². The zero-order valence-corrected chi connectivity index (χ0v) is 13.7. The highest BCUT2D eigenvalue weighted by Crippen LogP contribution is 2.21. The van der Waals surface area contributed by atoms with Crippen LogP contribution in [-0.4, -0.2) is 5.91 Å². The molecule has 0 saturated heterocycles. The van der Waals surface area contributed by atoms with Crippen molar-refractivity contribution in [3.8, 4) is 0 Å². The first-order valence-corrected chi connectivity index (χ1v) is 8.05. The van der Waals surface area contributed by atoms with E-state index in [1.54, 1.807) is 0 Å². The first kappa shape index (κ1) is 16.9. The van der Waals surface area contributed by atoms with E-state index >= 15 is 0 Å². The lowest BCUT2D eigenvalue weighted by atomic mass is 10.1. The van der Waals surface area contributed by atoms with Gasteiger partial charge in [0, 0.05) is 12.6 Å². The van der Waals surface area contributed by atoms with Crippen LogP contribution in [0.1, 0.15) is 38.7 Å². The highest BCUT2D eigenvalue weighted by atomic mass is 16.1. The Morgan fingerprint density at radius 2 is 1.48 bits per heavy atom. The molecule has 0 saturated carbocycles. The topological polar surface area (TPSA) is 53.8 Å². The van der Waals surface area contributed by atoms with E-state index in [2.05, 4.69) is 34.6 Å². The number of aryl methyl sites for hydroxylation is 1. The maximum Gasteiger partial charge on any atom is 0.221 e. The summed E-state index contributed by atoms with van der Waals surface area (Å²) < 4.78 is 0. The van der Waals surface area contributed by atoms with Crippen LogP contribution in [0.4, 0.5) is 17.1 Å². The molecular formula is C19H23N3O. The predicted octanol–water partition coefficient (Wildman–Crippen LogP) is 5.79. The molecule has 2 aromatic rings. The van der Waals surface area contributed by atoms with Gasteiger partial charge in [-0.1, -0.05) is 31.9 Å². The number of nitrogens with zero attached hydrogens (tertiary/aromatic N) is 2. The molecule has 1 amide bonds. The van der Waals surface area contributed by atoms with Gasteiger partial charge in [-0.15, -0.1) is 0 Å². The summed E-state index contributed by atoms with van der Waals surface area (Å²) in [6, 6.07) is 15.5. The highest BCUT2D eigenvalue weighted by molar-refractivity contribution is 5.88. The van der Waals surface area contributed by atoms with Gasteiger partial charge in [0.1, 0.15) is 0 Å². The second-order valence-electron chi connectivity index (χ2n) is 5.55. The van der Waals surface area contributed by atoms with Gasteiger partial charge in [0.25, 0.3) is 0 Å². The Balaban J connectivity index is 1.93. The normalized spacial score (nSPS) is 10.9. The molecule has 0 radical (unpaired) electrons. The number of hydrogen-bond donors (Lipinski definition) is 1. The van der Waals surface area contributed by atoms with E-state index in [1.807, 2.05) is 36.4 Å². The summed E-state index contributed by atoms with van der Waals surface area (Å²) in [7, 11) is 0. The first-order chi connectivity index (χ1) is 11.2. The van der Waals surface area contributed by atoms with Gasteiger partial charge < -0.3 is 5.32 Å². The van der Waals surface area contributed by atoms with Crippen molar-refractivity contribution in [3.63, 3.8) is 0 Å². The second-order valence-corrected chi connectivity index (χ2v) is 5.55. The first-order valence-electron chi connectivity index (χ1n) is 8.05. The number of rotatable bonds is 7. The number of azo groups is 1. The van der Waals surface area contributed by atoms with E-state index in [1.165, 1.54) is 31.7 Å². The summed E-state index contributed by atoms with van der Waals surface area (Å²) in [5, 5.41) is 11.2. The molecule has 0 aliphatic heterocycles. The van der Waals surface area contributed by atoms with Gasteiger partial charge in [0.05, 0.1) is 11.4 Å². The molecule has 2 aromatic carbocycles. The quantitative estimate of drug-likeness (QED) is 0.510. The summed E-state index contributed by atoms with van der Waals surface area (Å²) in [5.41, 5.74) is 3.70. The molecule has 1 N–H and O–H groups in total. The molecule has 4 heteroatoms. The van der Waals surface area contributed by atoms with Crippen molar-refractivity contribution < 1.29 is 4.79 Å². The summed E-state index contributed by atoms with van der Waals surface area (Å²) in [5.74, 6) is -0.0848. The Hall–Kier alpha value is -2.49. The maximum absolute atomic E-state index is 11.0. The van der Waals surface area contributed by atoms with Crippen molar-refractivity contribution in [2.24, 2.45) is 10.2 Å². The average Bonchev–Trinajstić information content (AvgIpc) is 2.55. The number of nitrogens with one attached hydrogen (secondary N) is 1. The molecule has 0 aromatic heterocycles. The van der Waals surface area contributed by atoms with Crippen LogP contribution in [0, 0.1) is 0 Å². The molecule has 0 heterocycles. The molecule has 4 nitrogen and oxygen atoms in total. The van der Waals surface area contributed by atoms with Crippen molar-refractivity contribution in [2.45, 2.75) is 39.5 Å². The molecule has 0 bridgehead atoms. The molecule has 0 atom stereocenters. The number of hydrogen-bond acceptors (Lipinski definition) is 3. The SMILES string of the molecule is CCCCCc1ccc(/N=N/c2ccc(NC(C)=O)cc2)cc1. The van der Waals surface area contributed by atoms with Crippen LogP contribution in [0.3, 0.4) is 0 Å². The molecule has 23 heavy (non-hydrogen) atoms. The van der Waals surface area contributed by atoms with Gasteiger partial charge in [-0.25, -0.2) is 0 Å². The molecule has 2 rings (SSSR count). The molecule has 120 valence electrons. The van der Waals surface area contributed by atoms with Crippen LogP contribution >= 0.6 is 0 Å². The Morgan fingerprint density at radius 1 is 0.913 bits per heavy atom. The average molecular weight is 309 g/mol. The smallest absolute Gasteiger partial charge is 0.221 e. The summed E-state index contributed by atoms with van der Waals surface area (Å²) in [4.78, 5) is 11.0.